The number of anilines is 1. The smallest absolute Gasteiger partial charge is 0.412 e. The van der Waals surface area contributed by atoms with Crippen LogP contribution in [0.3, 0.4) is 0 Å². The third-order valence-electron chi connectivity index (χ3n) is 1.88. The Morgan fingerprint density at radius 3 is 2.26 bits per heavy atom. The molecule has 0 aliphatic heterocycles. The fourth-order valence-corrected chi connectivity index (χ4v) is 1.19. The normalized spacial score (nSPS) is 10.5. The lowest BCUT2D eigenvalue weighted by atomic mass is 10.2. The van der Waals surface area contributed by atoms with Crippen molar-refractivity contribution < 1.29 is 19.1 Å². The molecule has 102 valence electrons. The first-order valence-electron chi connectivity index (χ1n) is 5.74. The number of amides is 1. The van der Waals surface area contributed by atoms with E-state index in [1.807, 2.05) is 0 Å². The summed E-state index contributed by atoms with van der Waals surface area (Å²) >= 11 is 0. The Kier molecular flexibility index (Phi) is 4.69. The van der Waals surface area contributed by atoms with Gasteiger partial charge < -0.3 is 9.47 Å². The number of ether oxygens (including phenoxy) is 2. The SMILES string of the molecule is C=CC(=O)Oc1ccc(NC(=O)OC(C)(C)C)cc1. The van der Waals surface area contributed by atoms with E-state index in [2.05, 4.69) is 11.9 Å². The standard InChI is InChI=1S/C14H17NO4/c1-5-12(16)18-11-8-6-10(7-9-11)15-13(17)19-14(2,3)4/h5-9H,1H2,2-4H3,(H,15,17). The highest BCUT2D eigenvalue weighted by Gasteiger charge is 2.16. The van der Waals surface area contributed by atoms with Gasteiger partial charge in [-0.05, 0) is 45.0 Å². The van der Waals surface area contributed by atoms with Gasteiger partial charge in [0.05, 0.1) is 0 Å². The summed E-state index contributed by atoms with van der Waals surface area (Å²) in [5.41, 5.74) is -0.00332. The van der Waals surface area contributed by atoms with Gasteiger partial charge >= 0.3 is 12.1 Å². The van der Waals surface area contributed by atoms with Crippen molar-refractivity contribution in [2.45, 2.75) is 26.4 Å². The molecule has 0 spiro atoms. The van der Waals surface area contributed by atoms with Gasteiger partial charge in [-0.3, -0.25) is 5.32 Å². The van der Waals surface area contributed by atoms with Crippen LogP contribution in [0.1, 0.15) is 20.8 Å². The minimum atomic E-state index is -0.552. The van der Waals surface area contributed by atoms with E-state index in [1.54, 1.807) is 45.0 Å². The zero-order valence-electron chi connectivity index (χ0n) is 11.2. The maximum Gasteiger partial charge on any atom is 0.412 e. The van der Waals surface area contributed by atoms with Gasteiger partial charge in [-0.25, -0.2) is 9.59 Å². The van der Waals surface area contributed by atoms with Crippen LogP contribution in [0.4, 0.5) is 10.5 Å². The maximum absolute atomic E-state index is 11.5. The molecule has 0 bridgehead atoms. The van der Waals surface area contributed by atoms with Crippen LogP contribution in [0, 0.1) is 0 Å². The summed E-state index contributed by atoms with van der Waals surface area (Å²) < 4.78 is 10.0. The Labute approximate surface area is 112 Å². The summed E-state index contributed by atoms with van der Waals surface area (Å²) in [6, 6.07) is 6.34. The van der Waals surface area contributed by atoms with E-state index in [4.69, 9.17) is 9.47 Å². The summed E-state index contributed by atoms with van der Waals surface area (Å²) in [6.07, 6.45) is 0.538. The molecule has 0 aromatic heterocycles. The molecule has 0 radical (unpaired) electrons. The van der Waals surface area contributed by atoms with Gasteiger partial charge in [0.2, 0.25) is 0 Å². The first-order valence-corrected chi connectivity index (χ1v) is 5.74. The Balaban J connectivity index is 2.59. The molecule has 0 saturated heterocycles. The fraction of sp³-hybridized carbons (Fsp3) is 0.286. The summed E-state index contributed by atoms with van der Waals surface area (Å²) in [4.78, 5) is 22.5. The van der Waals surface area contributed by atoms with Crippen molar-refractivity contribution >= 4 is 17.7 Å². The number of benzene rings is 1. The molecule has 0 aliphatic rings. The molecule has 1 amide bonds. The summed E-state index contributed by atoms with van der Waals surface area (Å²) in [5.74, 6) is -0.160. The number of esters is 1. The van der Waals surface area contributed by atoms with Crippen LogP contribution in [-0.4, -0.2) is 17.7 Å². The average molecular weight is 263 g/mol. The van der Waals surface area contributed by atoms with Gasteiger partial charge in [-0.1, -0.05) is 6.58 Å². The largest absolute Gasteiger partial charge is 0.444 e. The quantitative estimate of drug-likeness (QED) is 0.517. The molecule has 0 unspecified atom stereocenters. The highest BCUT2D eigenvalue weighted by Crippen LogP contribution is 2.17. The number of carbonyl (C=O) groups excluding carboxylic acids is 2. The number of hydrogen-bond donors (Lipinski definition) is 1. The van der Waals surface area contributed by atoms with Crippen molar-refractivity contribution in [2.24, 2.45) is 0 Å². The second-order valence-corrected chi connectivity index (χ2v) is 4.78. The maximum atomic E-state index is 11.5. The molecule has 0 fully saturated rings. The lowest BCUT2D eigenvalue weighted by Crippen LogP contribution is -2.27. The van der Waals surface area contributed by atoms with Crippen molar-refractivity contribution in [3.05, 3.63) is 36.9 Å². The Morgan fingerprint density at radius 2 is 1.79 bits per heavy atom. The molecule has 0 atom stereocenters. The Bertz CT molecular complexity index is 471. The van der Waals surface area contributed by atoms with Crippen LogP contribution >= 0.6 is 0 Å². The van der Waals surface area contributed by atoms with Crippen molar-refractivity contribution in [3.8, 4) is 5.75 Å². The second-order valence-electron chi connectivity index (χ2n) is 4.78. The van der Waals surface area contributed by atoms with Crippen LogP contribution in [0.25, 0.3) is 0 Å². The third-order valence-corrected chi connectivity index (χ3v) is 1.88. The molecular weight excluding hydrogens is 246 g/mol. The van der Waals surface area contributed by atoms with Gasteiger partial charge in [-0.15, -0.1) is 0 Å². The molecule has 19 heavy (non-hydrogen) atoms. The van der Waals surface area contributed by atoms with E-state index in [1.165, 1.54) is 0 Å². The van der Waals surface area contributed by atoms with Crippen molar-refractivity contribution in [1.82, 2.24) is 0 Å². The van der Waals surface area contributed by atoms with Crippen LogP contribution in [0.15, 0.2) is 36.9 Å². The molecule has 1 rings (SSSR count). The lowest BCUT2D eigenvalue weighted by molar-refractivity contribution is -0.128. The fourth-order valence-electron chi connectivity index (χ4n) is 1.19. The van der Waals surface area contributed by atoms with Crippen molar-refractivity contribution in [2.75, 3.05) is 5.32 Å². The van der Waals surface area contributed by atoms with Crippen LogP contribution in [-0.2, 0) is 9.53 Å². The Morgan fingerprint density at radius 1 is 1.21 bits per heavy atom. The van der Waals surface area contributed by atoms with Gasteiger partial charge in [0, 0.05) is 11.8 Å². The number of nitrogens with one attached hydrogen (secondary N) is 1. The van der Waals surface area contributed by atoms with E-state index >= 15 is 0 Å². The van der Waals surface area contributed by atoms with E-state index in [9.17, 15) is 9.59 Å². The molecule has 0 aliphatic carbocycles. The van der Waals surface area contributed by atoms with Crippen molar-refractivity contribution in [3.63, 3.8) is 0 Å². The van der Waals surface area contributed by atoms with Crippen molar-refractivity contribution in [1.29, 1.82) is 0 Å². The molecule has 1 N–H and O–H groups in total. The second kappa shape index (κ2) is 6.04. The topological polar surface area (TPSA) is 64.6 Å². The predicted molar refractivity (Wildman–Crippen MR) is 72.1 cm³/mol. The molecule has 5 nitrogen and oxygen atoms in total. The molecule has 1 aromatic carbocycles. The predicted octanol–water partition coefficient (Wildman–Crippen LogP) is 3.13. The molecule has 0 heterocycles. The van der Waals surface area contributed by atoms with E-state index < -0.39 is 17.7 Å². The van der Waals surface area contributed by atoms with E-state index in [0.29, 0.717) is 11.4 Å². The highest BCUT2D eigenvalue weighted by molar-refractivity contribution is 5.85. The first-order chi connectivity index (χ1) is 8.80. The zero-order valence-corrected chi connectivity index (χ0v) is 11.2. The molecule has 1 aromatic rings. The van der Waals surface area contributed by atoms with Gasteiger partial charge in [0.1, 0.15) is 11.4 Å². The monoisotopic (exact) mass is 263 g/mol. The van der Waals surface area contributed by atoms with E-state index in [-0.39, 0.29) is 0 Å². The van der Waals surface area contributed by atoms with Crippen LogP contribution < -0.4 is 10.1 Å². The number of hydrogen-bond acceptors (Lipinski definition) is 4. The molecule has 5 heteroatoms. The van der Waals surface area contributed by atoms with Gasteiger partial charge in [0.25, 0.3) is 0 Å². The van der Waals surface area contributed by atoms with E-state index in [0.717, 1.165) is 6.08 Å². The van der Waals surface area contributed by atoms with Crippen LogP contribution in [0.5, 0.6) is 5.75 Å². The minimum Gasteiger partial charge on any atom is -0.444 e. The van der Waals surface area contributed by atoms with Gasteiger partial charge in [-0.2, -0.15) is 0 Å². The lowest BCUT2D eigenvalue weighted by Gasteiger charge is -2.19. The number of carbonyl (C=O) groups is 2. The first kappa shape index (κ1) is 14.8. The highest BCUT2D eigenvalue weighted by atomic mass is 16.6. The van der Waals surface area contributed by atoms with Crippen LogP contribution in [0.2, 0.25) is 0 Å². The van der Waals surface area contributed by atoms with Gasteiger partial charge in [0.15, 0.2) is 0 Å². The minimum absolute atomic E-state index is 0.375. The summed E-state index contributed by atoms with van der Waals surface area (Å²) in [7, 11) is 0. The summed E-state index contributed by atoms with van der Waals surface area (Å²) in [6.45, 7) is 8.65. The number of rotatable bonds is 3. The third kappa shape index (κ3) is 5.72. The zero-order chi connectivity index (χ0) is 14.5. The molecular formula is C14H17NO4. The molecule has 0 saturated carbocycles. The average Bonchev–Trinajstić information content (AvgIpc) is 2.29. The Hall–Kier alpha value is -2.30. The summed E-state index contributed by atoms with van der Waals surface area (Å²) in [5, 5.41) is 2.57.